The van der Waals surface area contributed by atoms with Crippen molar-refractivity contribution in [2.75, 3.05) is 12.4 Å². The van der Waals surface area contributed by atoms with Gasteiger partial charge in [-0.25, -0.2) is 9.18 Å². The van der Waals surface area contributed by atoms with Crippen molar-refractivity contribution in [3.05, 3.63) is 65.5 Å². The molecule has 1 amide bonds. The van der Waals surface area contributed by atoms with Gasteiger partial charge in [-0.05, 0) is 42.5 Å². The predicted octanol–water partition coefficient (Wildman–Crippen LogP) is 2.86. The summed E-state index contributed by atoms with van der Waals surface area (Å²) in [5, 5.41) is 2.61. The van der Waals surface area contributed by atoms with E-state index in [1.54, 1.807) is 18.2 Å². The Morgan fingerprint density at radius 2 is 1.70 bits per heavy atom. The summed E-state index contributed by atoms with van der Waals surface area (Å²) >= 11 is 0. The SMILES string of the molecule is COC(=O)c1cccc(C(=O)Nc2ccc(F)cc2)c1. The number of hydrogen-bond donors (Lipinski definition) is 1. The summed E-state index contributed by atoms with van der Waals surface area (Å²) in [6.45, 7) is 0. The lowest BCUT2D eigenvalue weighted by Crippen LogP contribution is -2.13. The summed E-state index contributed by atoms with van der Waals surface area (Å²) in [6, 6.07) is 11.6. The van der Waals surface area contributed by atoms with Crippen LogP contribution in [0.1, 0.15) is 20.7 Å². The number of esters is 1. The standard InChI is InChI=1S/C15H12FNO3/c1-20-15(19)11-4-2-3-10(9-11)14(18)17-13-7-5-12(16)6-8-13/h2-9H,1H3,(H,17,18). The van der Waals surface area contributed by atoms with Crippen LogP contribution in [-0.4, -0.2) is 19.0 Å². The second-order valence-corrected chi connectivity index (χ2v) is 4.03. The maximum Gasteiger partial charge on any atom is 0.337 e. The number of hydrogen-bond acceptors (Lipinski definition) is 3. The van der Waals surface area contributed by atoms with E-state index in [1.807, 2.05) is 0 Å². The molecule has 0 saturated carbocycles. The summed E-state index contributed by atoms with van der Waals surface area (Å²) in [5.41, 5.74) is 1.08. The normalized spacial score (nSPS) is 9.90. The topological polar surface area (TPSA) is 55.4 Å². The Morgan fingerprint density at radius 1 is 1.05 bits per heavy atom. The first-order valence-corrected chi connectivity index (χ1v) is 5.85. The number of anilines is 1. The number of methoxy groups -OCH3 is 1. The van der Waals surface area contributed by atoms with E-state index < -0.39 is 5.97 Å². The minimum absolute atomic E-state index is 0.291. The van der Waals surface area contributed by atoms with E-state index in [0.717, 1.165) is 0 Å². The summed E-state index contributed by atoms with van der Waals surface area (Å²) in [4.78, 5) is 23.4. The highest BCUT2D eigenvalue weighted by Gasteiger charge is 2.10. The smallest absolute Gasteiger partial charge is 0.337 e. The van der Waals surface area contributed by atoms with Crippen LogP contribution in [-0.2, 0) is 4.74 Å². The molecule has 0 spiro atoms. The third-order valence-corrected chi connectivity index (χ3v) is 2.65. The highest BCUT2D eigenvalue weighted by Crippen LogP contribution is 2.12. The van der Waals surface area contributed by atoms with Gasteiger partial charge in [0, 0.05) is 11.3 Å². The minimum Gasteiger partial charge on any atom is -0.465 e. The molecule has 0 aromatic heterocycles. The monoisotopic (exact) mass is 273 g/mol. The first-order chi connectivity index (χ1) is 9.60. The largest absolute Gasteiger partial charge is 0.465 e. The molecule has 0 saturated heterocycles. The zero-order valence-electron chi connectivity index (χ0n) is 10.7. The average Bonchev–Trinajstić information content (AvgIpc) is 2.49. The summed E-state index contributed by atoms with van der Waals surface area (Å²) in [7, 11) is 1.27. The van der Waals surface area contributed by atoms with Gasteiger partial charge >= 0.3 is 5.97 Å². The number of ether oxygens (including phenoxy) is 1. The van der Waals surface area contributed by atoms with E-state index in [4.69, 9.17) is 0 Å². The van der Waals surface area contributed by atoms with Gasteiger partial charge in [0.15, 0.2) is 0 Å². The third kappa shape index (κ3) is 3.20. The third-order valence-electron chi connectivity index (χ3n) is 2.65. The zero-order valence-corrected chi connectivity index (χ0v) is 10.7. The molecule has 4 nitrogen and oxygen atoms in total. The van der Waals surface area contributed by atoms with E-state index in [2.05, 4.69) is 10.1 Å². The van der Waals surface area contributed by atoms with Crippen LogP contribution >= 0.6 is 0 Å². The Kier molecular flexibility index (Phi) is 4.10. The quantitative estimate of drug-likeness (QED) is 0.875. The number of carbonyl (C=O) groups is 2. The molecule has 0 atom stereocenters. The van der Waals surface area contributed by atoms with Crippen molar-refractivity contribution in [2.24, 2.45) is 0 Å². The van der Waals surface area contributed by atoms with Crippen LogP contribution in [0.3, 0.4) is 0 Å². The van der Waals surface area contributed by atoms with Gasteiger partial charge in [-0.3, -0.25) is 4.79 Å². The molecular formula is C15H12FNO3. The lowest BCUT2D eigenvalue weighted by Gasteiger charge is -2.06. The number of nitrogens with one attached hydrogen (secondary N) is 1. The molecule has 1 N–H and O–H groups in total. The van der Waals surface area contributed by atoms with E-state index in [-0.39, 0.29) is 11.7 Å². The Labute approximate surface area is 115 Å². The van der Waals surface area contributed by atoms with Crippen LogP contribution in [0, 0.1) is 5.82 Å². The first kappa shape index (κ1) is 13.7. The van der Waals surface area contributed by atoms with Crippen LogP contribution in [0.25, 0.3) is 0 Å². The summed E-state index contributed by atoms with van der Waals surface area (Å²) in [5.74, 6) is -1.28. The Hall–Kier alpha value is -2.69. The fourth-order valence-corrected chi connectivity index (χ4v) is 1.64. The highest BCUT2D eigenvalue weighted by atomic mass is 19.1. The molecule has 102 valence electrons. The van der Waals surface area contributed by atoms with Crippen molar-refractivity contribution in [1.82, 2.24) is 0 Å². The molecule has 0 aliphatic rings. The zero-order chi connectivity index (χ0) is 14.5. The molecule has 0 heterocycles. The number of benzene rings is 2. The predicted molar refractivity (Wildman–Crippen MR) is 72.1 cm³/mol. The maximum absolute atomic E-state index is 12.8. The van der Waals surface area contributed by atoms with Crippen molar-refractivity contribution >= 4 is 17.6 Å². The van der Waals surface area contributed by atoms with Gasteiger partial charge < -0.3 is 10.1 Å². The molecule has 2 aromatic rings. The lowest BCUT2D eigenvalue weighted by molar-refractivity contribution is 0.0600. The van der Waals surface area contributed by atoms with Crippen LogP contribution in [0.2, 0.25) is 0 Å². The molecule has 0 bridgehead atoms. The molecule has 2 rings (SSSR count). The van der Waals surface area contributed by atoms with E-state index in [0.29, 0.717) is 16.8 Å². The highest BCUT2D eigenvalue weighted by molar-refractivity contribution is 6.05. The number of halogens is 1. The molecule has 0 aliphatic heterocycles. The van der Waals surface area contributed by atoms with Crippen LogP contribution in [0.5, 0.6) is 0 Å². The minimum atomic E-state index is -0.513. The first-order valence-electron chi connectivity index (χ1n) is 5.85. The second kappa shape index (κ2) is 5.97. The molecule has 0 radical (unpaired) electrons. The van der Waals surface area contributed by atoms with Gasteiger partial charge in [-0.15, -0.1) is 0 Å². The van der Waals surface area contributed by atoms with Gasteiger partial charge in [0.25, 0.3) is 5.91 Å². The van der Waals surface area contributed by atoms with E-state index in [9.17, 15) is 14.0 Å². The Balaban J connectivity index is 2.17. The molecular weight excluding hydrogens is 261 g/mol. The van der Waals surface area contributed by atoms with E-state index in [1.165, 1.54) is 37.4 Å². The second-order valence-electron chi connectivity index (χ2n) is 4.03. The van der Waals surface area contributed by atoms with E-state index >= 15 is 0 Å². The average molecular weight is 273 g/mol. The lowest BCUT2D eigenvalue weighted by atomic mass is 10.1. The van der Waals surface area contributed by atoms with Crippen molar-refractivity contribution in [2.45, 2.75) is 0 Å². The fourth-order valence-electron chi connectivity index (χ4n) is 1.64. The van der Waals surface area contributed by atoms with Crippen molar-refractivity contribution < 1.29 is 18.7 Å². The number of carbonyl (C=O) groups excluding carboxylic acids is 2. The van der Waals surface area contributed by atoms with Gasteiger partial charge in [0.2, 0.25) is 0 Å². The van der Waals surface area contributed by atoms with Crippen molar-refractivity contribution in [3.8, 4) is 0 Å². The van der Waals surface area contributed by atoms with Crippen molar-refractivity contribution in [3.63, 3.8) is 0 Å². The molecule has 0 aliphatic carbocycles. The Morgan fingerprint density at radius 3 is 2.35 bits per heavy atom. The molecule has 0 unspecified atom stereocenters. The molecule has 2 aromatic carbocycles. The van der Waals surface area contributed by atoms with Crippen LogP contribution < -0.4 is 5.32 Å². The van der Waals surface area contributed by atoms with Gasteiger partial charge in [0.1, 0.15) is 5.82 Å². The molecule has 20 heavy (non-hydrogen) atoms. The van der Waals surface area contributed by atoms with Gasteiger partial charge in [-0.1, -0.05) is 6.07 Å². The van der Waals surface area contributed by atoms with Crippen molar-refractivity contribution in [1.29, 1.82) is 0 Å². The summed E-state index contributed by atoms with van der Waals surface area (Å²) in [6.07, 6.45) is 0. The summed E-state index contributed by atoms with van der Waals surface area (Å²) < 4.78 is 17.4. The van der Waals surface area contributed by atoms with Crippen LogP contribution in [0.15, 0.2) is 48.5 Å². The maximum atomic E-state index is 12.8. The molecule has 0 fully saturated rings. The van der Waals surface area contributed by atoms with Gasteiger partial charge in [0.05, 0.1) is 12.7 Å². The number of amides is 1. The number of rotatable bonds is 3. The van der Waals surface area contributed by atoms with Gasteiger partial charge in [-0.2, -0.15) is 0 Å². The molecule has 5 heteroatoms. The Bertz CT molecular complexity index is 638. The van der Waals surface area contributed by atoms with Crippen LogP contribution in [0.4, 0.5) is 10.1 Å². The fraction of sp³-hybridized carbons (Fsp3) is 0.0667.